The SMILES string of the molecule is Cc1nc2c(C(=O)N3CCOCC3)c[nH]n2c(=O)c1C(C)c1ccc(C(F)(F)F)cc1. The number of hydrogen-bond acceptors (Lipinski definition) is 4. The first-order valence-corrected chi connectivity index (χ1v) is 9.83. The Morgan fingerprint density at radius 3 is 2.45 bits per heavy atom. The number of amides is 1. The summed E-state index contributed by atoms with van der Waals surface area (Å²) < 4.78 is 45.0. The maximum atomic E-state index is 13.2. The summed E-state index contributed by atoms with van der Waals surface area (Å²) in [6.07, 6.45) is -2.97. The van der Waals surface area contributed by atoms with E-state index in [-0.39, 0.29) is 17.1 Å². The molecule has 1 aromatic carbocycles. The molecule has 1 saturated heterocycles. The van der Waals surface area contributed by atoms with Crippen LogP contribution in [-0.4, -0.2) is 51.7 Å². The number of aryl methyl sites for hydroxylation is 1. The molecule has 0 saturated carbocycles. The zero-order valence-corrected chi connectivity index (χ0v) is 17.0. The molecule has 0 aliphatic carbocycles. The molecule has 1 aliphatic rings. The van der Waals surface area contributed by atoms with Crippen molar-refractivity contribution in [2.24, 2.45) is 0 Å². The quantitative estimate of drug-likeness (QED) is 0.688. The Hall–Kier alpha value is -3.14. The number of fused-ring (bicyclic) bond motifs is 1. The fourth-order valence-corrected chi connectivity index (χ4v) is 3.85. The van der Waals surface area contributed by atoms with Crippen LogP contribution in [0.3, 0.4) is 0 Å². The number of ether oxygens (including phenoxy) is 1. The molecular formula is C21H21F3N4O3. The minimum Gasteiger partial charge on any atom is -0.378 e. The van der Waals surface area contributed by atoms with Gasteiger partial charge >= 0.3 is 6.18 Å². The van der Waals surface area contributed by atoms with Crippen molar-refractivity contribution in [3.8, 4) is 0 Å². The summed E-state index contributed by atoms with van der Waals surface area (Å²) >= 11 is 0. The lowest BCUT2D eigenvalue weighted by Gasteiger charge is -2.26. The van der Waals surface area contributed by atoms with Crippen molar-refractivity contribution in [3.63, 3.8) is 0 Å². The van der Waals surface area contributed by atoms with Crippen molar-refractivity contribution in [1.29, 1.82) is 0 Å². The van der Waals surface area contributed by atoms with E-state index in [1.165, 1.54) is 22.8 Å². The highest BCUT2D eigenvalue weighted by atomic mass is 19.4. The van der Waals surface area contributed by atoms with Gasteiger partial charge in [-0.1, -0.05) is 19.1 Å². The number of rotatable bonds is 3. The van der Waals surface area contributed by atoms with E-state index in [0.717, 1.165) is 12.1 Å². The fraction of sp³-hybridized carbons (Fsp3) is 0.381. The summed E-state index contributed by atoms with van der Waals surface area (Å²) in [5, 5.41) is 2.79. The van der Waals surface area contributed by atoms with Gasteiger partial charge in [0, 0.05) is 36.5 Å². The zero-order chi connectivity index (χ0) is 22.3. The second-order valence-electron chi connectivity index (χ2n) is 7.51. The van der Waals surface area contributed by atoms with Crippen molar-refractivity contribution >= 4 is 11.6 Å². The van der Waals surface area contributed by atoms with E-state index < -0.39 is 23.2 Å². The number of nitrogens with one attached hydrogen (secondary N) is 1. The number of nitrogens with zero attached hydrogens (tertiary/aromatic N) is 3. The monoisotopic (exact) mass is 434 g/mol. The molecule has 1 atom stereocenters. The Bertz CT molecular complexity index is 1180. The second-order valence-corrected chi connectivity index (χ2v) is 7.51. The number of aromatic amines is 1. The van der Waals surface area contributed by atoms with Gasteiger partial charge in [0.15, 0.2) is 5.65 Å². The number of benzene rings is 1. The van der Waals surface area contributed by atoms with E-state index >= 15 is 0 Å². The van der Waals surface area contributed by atoms with Gasteiger partial charge in [-0.25, -0.2) is 9.50 Å². The smallest absolute Gasteiger partial charge is 0.378 e. The van der Waals surface area contributed by atoms with Gasteiger partial charge in [0.2, 0.25) is 0 Å². The van der Waals surface area contributed by atoms with Crippen LogP contribution in [0.5, 0.6) is 0 Å². The number of hydrogen-bond donors (Lipinski definition) is 1. The Labute approximate surface area is 175 Å². The van der Waals surface area contributed by atoms with Gasteiger partial charge in [0.1, 0.15) is 5.56 Å². The number of carbonyl (C=O) groups excluding carboxylic acids is 1. The van der Waals surface area contributed by atoms with Gasteiger partial charge in [-0.05, 0) is 24.6 Å². The van der Waals surface area contributed by atoms with Crippen LogP contribution in [-0.2, 0) is 10.9 Å². The second kappa shape index (κ2) is 7.84. The van der Waals surface area contributed by atoms with Crippen LogP contribution in [0.25, 0.3) is 5.65 Å². The van der Waals surface area contributed by atoms with E-state index in [0.29, 0.717) is 43.1 Å². The molecule has 0 spiro atoms. The number of aromatic nitrogens is 3. The molecule has 0 bridgehead atoms. The molecule has 7 nitrogen and oxygen atoms in total. The molecule has 0 radical (unpaired) electrons. The minimum absolute atomic E-state index is 0.224. The standard InChI is InChI=1S/C21H21F3N4O3/c1-12(14-3-5-15(6-4-14)21(22,23)24)17-13(2)26-18-16(11-25-28(18)20(17)30)19(29)27-7-9-31-10-8-27/h3-6,11-12,25H,7-10H2,1-2H3. The molecule has 3 aromatic rings. The van der Waals surface area contributed by atoms with Crippen molar-refractivity contribution in [2.45, 2.75) is 25.9 Å². The molecule has 1 aliphatic heterocycles. The van der Waals surface area contributed by atoms with Gasteiger partial charge in [0.05, 0.1) is 18.8 Å². The molecule has 31 heavy (non-hydrogen) atoms. The number of alkyl halides is 3. The molecule has 4 rings (SSSR count). The highest BCUT2D eigenvalue weighted by molar-refractivity contribution is 5.99. The largest absolute Gasteiger partial charge is 0.416 e. The molecule has 164 valence electrons. The Kier molecular flexibility index (Phi) is 5.34. The van der Waals surface area contributed by atoms with Crippen molar-refractivity contribution in [1.82, 2.24) is 19.5 Å². The summed E-state index contributed by atoms with van der Waals surface area (Å²) in [4.78, 5) is 32.2. The van der Waals surface area contributed by atoms with Crippen LogP contribution in [0.2, 0.25) is 0 Å². The first-order chi connectivity index (χ1) is 14.7. The predicted octanol–water partition coefficient (Wildman–Crippen LogP) is 2.97. The van der Waals surface area contributed by atoms with Gasteiger partial charge in [-0.3, -0.25) is 14.7 Å². The van der Waals surface area contributed by atoms with Crippen molar-refractivity contribution in [3.05, 3.63) is 68.8 Å². The number of morpholine rings is 1. The summed E-state index contributed by atoms with van der Waals surface area (Å²) in [5.41, 5.74) is 0.707. The Balaban J connectivity index is 1.71. The molecule has 1 unspecified atom stereocenters. The fourth-order valence-electron chi connectivity index (χ4n) is 3.85. The van der Waals surface area contributed by atoms with Crippen LogP contribution in [0.4, 0.5) is 13.2 Å². The third kappa shape index (κ3) is 3.83. The van der Waals surface area contributed by atoms with Crippen molar-refractivity contribution < 1.29 is 22.7 Å². The number of carbonyl (C=O) groups is 1. The molecule has 2 aromatic heterocycles. The maximum Gasteiger partial charge on any atom is 0.416 e. The van der Waals surface area contributed by atoms with E-state index in [2.05, 4.69) is 10.1 Å². The highest BCUT2D eigenvalue weighted by Crippen LogP contribution is 2.31. The zero-order valence-electron chi connectivity index (χ0n) is 17.0. The van der Waals surface area contributed by atoms with E-state index in [9.17, 15) is 22.8 Å². The highest BCUT2D eigenvalue weighted by Gasteiger charge is 2.31. The third-order valence-corrected chi connectivity index (χ3v) is 5.59. The van der Waals surface area contributed by atoms with E-state index in [1.807, 2.05) is 0 Å². The average molecular weight is 434 g/mol. The lowest BCUT2D eigenvalue weighted by molar-refractivity contribution is -0.137. The minimum atomic E-state index is -4.43. The summed E-state index contributed by atoms with van der Waals surface area (Å²) in [5.74, 6) is -0.724. The average Bonchev–Trinajstić information content (AvgIpc) is 3.17. The van der Waals surface area contributed by atoms with Crippen LogP contribution < -0.4 is 5.56 Å². The van der Waals surface area contributed by atoms with Crippen molar-refractivity contribution in [2.75, 3.05) is 26.3 Å². The first-order valence-electron chi connectivity index (χ1n) is 9.83. The van der Waals surface area contributed by atoms with Crippen LogP contribution >= 0.6 is 0 Å². The molecule has 1 amide bonds. The van der Waals surface area contributed by atoms with Crippen LogP contribution in [0.1, 0.15) is 45.6 Å². The van der Waals surface area contributed by atoms with Gasteiger partial charge in [-0.2, -0.15) is 13.2 Å². The Morgan fingerprint density at radius 1 is 1.19 bits per heavy atom. The molecule has 10 heteroatoms. The molecule has 1 N–H and O–H groups in total. The predicted molar refractivity (Wildman–Crippen MR) is 106 cm³/mol. The Morgan fingerprint density at radius 2 is 1.84 bits per heavy atom. The molecule has 3 heterocycles. The van der Waals surface area contributed by atoms with Crippen LogP contribution in [0.15, 0.2) is 35.3 Å². The summed E-state index contributed by atoms with van der Waals surface area (Å²) in [6.45, 7) is 5.23. The summed E-state index contributed by atoms with van der Waals surface area (Å²) in [6, 6.07) is 4.73. The van der Waals surface area contributed by atoms with Gasteiger partial charge < -0.3 is 9.64 Å². The van der Waals surface area contributed by atoms with Gasteiger partial charge in [-0.15, -0.1) is 0 Å². The summed E-state index contributed by atoms with van der Waals surface area (Å²) in [7, 11) is 0. The third-order valence-electron chi connectivity index (χ3n) is 5.59. The maximum absolute atomic E-state index is 13.2. The van der Waals surface area contributed by atoms with Crippen LogP contribution in [0, 0.1) is 6.92 Å². The lowest BCUT2D eigenvalue weighted by Crippen LogP contribution is -2.40. The number of H-pyrrole nitrogens is 1. The van der Waals surface area contributed by atoms with E-state index in [1.54, 1.807) is 18.7 Å². The first kappa shape index (κ1) is 21.1. The van der Waals surface area contributed by atoms with Gasteiger partial charge in [0.25, 0.3) is 11.5 Å². The number of halogens is 3. The normalized spacial score (nSPS) is 16.0. The van der Waals surface area contributed by atoms with E-state index in [4.69, 9.17) is 4.74 Å². The molecule has 1 fully saturated rings. The lowest BCUT2D eigenvalue weighted by atomic mass is 9.92. The topological polar surface area (TPSA) is 79.7 Å². The molecular weight excluding hydrogens is 413 g/mol.